The van der Waals surface area contributed by atoms with Gasteiger partial charge in [0, 0.05) is 5.69 Å². The number of nitrogen functional groups attached to an aromatic ring is 1. The molecule has 1 atom stereocenters. The van der Waals surface area contributed by atoms with Crippen molar-refractivity contribution in [3.63, 3.8) is 0 Å². The third-order valence-electron chi connectivity index (χ3n) is 2.68. The molecule has 114 valence electrons. The fraction of sp³-hybridized carbons (Fsp3) is 0.467. The van der Waals surface area contributed by atoms with E-state index in [0.29, 0.717) is 17.7 Å². The van der Waals surface area contributed by atoms with E-state index in [1.165, 1.54) is 0 Å². The van der Waals surface area contributed by atoms with Crippen LogP contribution in [0.15, 0.2) is 18.2 Å². The van der Waals surface area contributed by atoms with Gasteiger partial charge >= 0.3 is 6.09 Å². The summed E-state index contributed by atoms with van der Waals surface area (Å²) in [5.74, 6) is 0. The van der Waals surface area contributed by atoms with Gasteiger partial charge < -0.3 is 20.9 Å². The number of nitrogens with one attached hydrogen (secondary N) is 1. The molecule has 0 bridgehead atoms. The molecular weight excluding hydrogens is 270 g/mol. The van der Waals surface area contributed by atoms with E-state index in [9.17, 15) is 9.90 Å². The Morgan fingerprint density at radius 1 is 1.52 bits per heavy atom. The number of nitrogens with two attached hydrogens (primary N) is 1. The summed E-state index contributed by atoms with van der Waals surface area (Å²) < 4.78 is 5.14. The van der Waals surface area contributed by atoms with Gasteiger partial charge in [-0.3, -0.25) is 0 Å². The molecule has 6 heteroatoms. The summed E-state index contributed by atoms with van der Waals surface area (Å²) in [5, 5.41) is 20.7. The predicted octanol–water partition coefficient (Wildman–Crippen LogP) is 1.57. The minimum Gasteiger partial charge on any atom is -0.444 e. The molecule has 0 saturated heterocycles. The molecule has 0 radical (unpaired) electrons. The normalized spacial score (nSPS) is 12.3. The monoisotopic (exact) mass is 291 g/mol. The smallest absolute Gasteiger partial charge is 0.407 e. The first-order valence-electron chi connectivity index (χ1n) is 6.64. The Morgan fingerprint density at radius 3 is 2.67 bits per heavy atom. The highest BCUT2D eigenvalue weighted by Crippen LogP contribution is 2.16. The first-order valence-corrected chi connectivity index (χ1v) is 6.64. The lowest BCUT2D eigenvalue weighted by Crippen LogP contribution is -2.42. The number of carbonyl (C=O) groups is 1. The number of aliphatic hydroxyl groups excluding tert-OH is 1. The molecule has 0 aliphatic carbocycles. The van der Waals surface area contributed by atoms with Gasteiger partial charge in [-0.2, -0.15) is 5.26 Å². The summed E-state index contributed by atoms with van der Waals surface area (Å²) >= 11 is 0. The maximum Gasteiger partial charge on any atom is 0.407 e. The molecule has 4 N–H and O–H groups in total. The topological polar surface area (TPSA) is 108 Å². The first kappa shape index (κ1) is 16.8. The fourth-order valence-electron chi connectivity index (χ4n) is 1.75. The number of hydrogen-bond donors (Lipinski definition) is 3. The molecule has 1 aromatic rings. The van der Waals surface area contributed by atoms with Gasteiger partial charge in [0.25, 0.3) is 0 Å². The fourth-order valence-corrected chi connectivity index (χ4v) is 1.75. The van der Waals surface area contributed by atoms with E-state index in [1.54, 1.807) is 39.0 Å². The molecule has 0 saturated carbocycles. The number of alkyl carbamates (subject to hydrolysis) is 1. The molecule has 1 aromatic carbocycles. The minimum atomic E-state index is -0.600. The van der Waals surface area contributed by atoms with Crippen LogP contribution < -0.4 is 11.1 Å². The van der Waals surface area contributed by atoms with Crippen LogP contribution in [0.25, 0.3) is 0 Å². The molecule has 21 heavy (non-hydrogen) atoms. The number of carbonyl (C=O) groups excluding carboxylic acids is 1. The van der Waals surface area contributed by atoms with Crippen LogP contribution in [0, 0.1) is 11.3 Å². The van der Waals surface area contributed by atoms with Crippen molar-refractivity contribution < 1.29 is 14.6 Å². The van der Waals surface area contributed by atoms with Crippen molar-refractivity contribution in [1.82, 2.24) is 5.32 Å². The first-order chi connectivity index (χ1) is 9.75. The van der Waals surface area contributed by atoms with Crippen molar-refractivity contribution in [3.8, 4) is 6.07 Å². The van der Waals surface area contributed by atoms with E-state index in [2.05, 4.69) is 5.32 Å². The molecule has 0 spiro atoms. The number of amides is 1. The van der Waals surface area contributed by atoms with Gasteiger partial charge in [-0.1, -0.05) is 6.07 Å². The van der Waals surface area contributed by atoms with Crippen molar-refractivity contribution >= 4 is 11.8 Å². The number of nitrogens with zero attached hydrogens (tertiary/aromatic N) is 1. The Morgan fingerprint density at radius 2 is 2.19 bits per heavy atom. The molecule has 0 unspecified atom stereocenters. The molecule has 0 aromatic heterocycles. The summed E-state index contributed by atoms with van der Waals surface area (Å²) in [7, 11) is 0. The highest BCUT2D eigenvalue weighted by molar-refractivity contribution is 5.68. The Labute approximate surface area is 124 Å². The molecule has 0 aliphatic heterocycles. The van der Waals surface area contributed by atoms with E-state index in [-0.39, 0.29) is 6.61 Å². The number of anilines is 1. The van der Waals surface area contributed by atoms with Gasteiger partial charge in [-0.15, -0.1) is 0 Å². The van der Waals surface area contributed by atoms with Crippen LogP contribution in [-0.4, -0.2) is 29.4 Å². The van der Waals surface area contributed by atoms with Gasteiger partial charge in [-0.05, 0) is 44.9 Å². The van der Waals surface area contributed by atoms with Gasteiger partial charge in [0.15, 0.2) is 0 Å². The van der Waals surface area contributed by atoms with Crippen molar-refractivity contribution in [2.45, 2.75) is 38.8 Å². The van der Waals surface area contributed by atoms with Gasteiger partial charge in [0.05, 0.1) is 24.3 Å². The molecular formula is C15H21N3O3. The van der Waals surface area contributed by atoms with Crippen molar-refractivity contribution in [2.75, 3.05) is 12.3 Å². The van der Waals surface area contributed by atoms with E-state index in [1.807, 2.05) is 6.07 Å². The van der Waals surface area contributed by atoms with Crippen molar-refractivity contribution in [3.05, 3.63) is 29.3 Å². The SMILES string of the molecule is CC(C)(C)OC(=O)N[C@@H](CO)Cc1ccc(C#N)cc1N. The van der Waals surface area contributed by atoms with Crippen LogP contribution in [0.2, 0.25) is 0 Å². The van der Waals surface area contributed by atoms with E-state index in [0.717, 1.165) is 5.56 Å². The minimum absolute atomic E-state index is 0.237. The van der Waals surface area contributed by atoms with E-state index in [4.69, 9.17) is 15.7 Å². The maximum absolute atomic E-state index is 11.7. The summed E-state index contributed by atoms with van der Waals surface area (Å²) in [6.45, 7) is 5.05. The third kappa shape index (κ3) is 5.71. The Balaban J connectivity index is 2.70. The Kier molecular flexibility index (Phi) is 5.56. The molecule has 0 heterocycles. The molecule has 0 fully saturated rings. The Bertz CT molecular complexity index is 544. The van der Waals surface area contributed by atoms with Crippen LogP contribution in [-0.2, 0) is 11.2 Å². The zero-order valence-electron chi connectivity index (χ0n) is 12.5. The lowest BCUT2D eigenvalue weighted by molar-refractivity contribution is 0.0483. The second-order valence-corrected chi connectivity index (χ2v) is 5.76. The Hall–Kier alpha value is -2.26. The summed E-state index contributed by atoms with van der Waals surface area (Å²) in [5.41, 5.74) is 6.94. The number of aliphatic hydroxyl groups is 1. The van der Waals surface area contributed by atoms with Crippen LogP contribution in [0.1, 0.15) is 31.9 Å². The summed E-state index contributed by atoms with van der Waals surface area (Å²) in [4.78, 5) is 11.7. The lowest BCUT2D eigenvalue weighted by Gasteiger charge is -2.23. The van der Waals surface area contributed by atoms with E-state index >= 15 is 0 Å². The van der Waals surface area contributed by atoms with Gasteiger partial charge in [0.2, 0.25) is 0 Å². The second kappa shape index (κ2) is 6.95. The number of benzene rings is 1. The number of nitriles is 1. The van der Waals surface area contributed by atoms with Crippen molar-refractivity contribution in [2.24, 2.45) is 0 Å². The highest BCUT2D eigenvalue weighted by Gasteiger charge is 2.19. The maximum atomic E-state index is 11.7. The molecule has 0 aliphatic rings. The predicted molar refractivity (Wildman–Crippen MR) is 79.5 cm³/mol. The quantitative estimate of drug-likeness (QED) is 0.730. The zero-order valence-corrected chi connectivity index (χ0v) is 12.5. The van der Waals surface area contributed by atoms with Gasteiger partial charge in [0.1, 0.15) is 5.60 Å². The molecule has 1 amide bonds. The lowest BCUT2D eigenvalue weighted by atomic mass is 10.0. The summed E-state index contributed by atoms with van der Waals surface area (Å²) in [6.07, 6.45) is -0.235. The standard InChI is InChI=1S/C15H21N3O3/c1-15(2,3)21-14(20)18-12(9-19)7-11-5-4-10(8-16)6-13(11)17/h4-6,12,19H,7,9,17H2,1-3H3,(H,18,20)/t12-/m1/s1. The average molecular weight is 291 g/mol. The van der Waals surface area contributed by atoms with Crippen LogP contribution >= 0.6 is 0 Å². The van der Waals surface area contributed by atoms with Gasteiger partial charge in [-0.25, -0.2) is 4.79 Å². The summed E-state index contributed by atoms with van der Waals surface area (Å²) in [6, 6.07) is 6.43. The van der Waals surface area contributed by atoms with Crippen LogP contribution in [0.3, 0.4) is 0 Å². The average Bonchev–Trinajstić information content (AvgIpc) is 2.37. The number of ether oxygens (including phenoxy) is 1. The zero-order chi connectivity index (χ0) is 16.0. The highest BCUT2D eigenvalue weighted by atomic mass is 16.6. The van der Waals surface area contributed by atoms with Crippen molar-refractivity contribution in [1.29, 1.82) is 5.26 Å². The van der Waals surface area contributed by atoms with Crippen LogP contribution in [0.4, 0.5) is 10.5 Å². The van der Waals surface area contributed by atoms with Crippen LogP contribution in [0.5, 0.6) is 0 Å². The second-order valence-electron chi connectivity index (χ2n) is 5.76. The third-order valence-corrected chi connectivity index (χ3v) is 2.68. The molecule has 6 nitrogen and oxygen atoms in total. The number of hydrogen-bond acceptors (Lipinski definition) is 5. The number of rotatable bonds is 4. The molecule has 1 rings (SSSR count). The largest absolute Gasteiger partial charge is 0.444 e. The van der Waals surface area contributed by atoms with E-state index < -0.39 is 17.7 Å².